The summed E-state index contributed by atoms with van der Waals surface area (Å²) in [4.78, 5) is 48.4. The minimum atomic E-state index is -1.34. The van der Waals surface area contributed by atoms with Crippen molar-refractivity contribution in [1.82, 2.24) is 16.0 Å². The number of aliphatic hydroxyl groups excluding tert-OH is 1. The molecule has 3 atom stereocenters. The molecular formula is C25H31FN4O8. The number of phenols is 1. The lowest BCUT2D eigenvalue weighted by atomic mass is 10.0. The van der Waals surface area contributed by atoms with E-state index in [4.69, 9.17) is 4.74 Å². The molecule has 3 amide bonds. The third-order valence-corrected chi connectivity index (χ3v) is 5.18. The number of nitrogens with one attached hydrogen (secondary N) is 3. The maximum absolute atomic E-state index is 13.8. The van der Waals surface area contributed by atoms with E-state index in [1.165, 1.54) is 31.2 Å². The summed E-state index contributed by atoms with van der Waals surface area (Å²) in [5.41, 5.74) is -1.08. The predicted molar refractivity (Wildman–Crippen MR) is 134 cm³/mol. The molecule has 2 aromatic rings. The normalized spacial score (nSPS) is 13.5. The van der Waals surface area contributed by atoms with Gasteiger partial charge in [-0.1, -0.05) is 18.2 Å². The summed E-state index contributed by atoms with van der Waals surface area (Å²) < 4.78 is 19.0. The molecule has 0 spiro atoms. The van der Waals surface area contributed by atoms with E-state index in [0.29, 0.717) is 5.56 Å². The Labute approximate surface area is 218 Å². The second kappa shape index (κ2) is 12.8. The number of aromatic hydroxyl groups is 1. The predicted octanol–water partition coefficient (Wildman–Crippen LogP) is 2.23. The van der Waals surface area contributed by atoms with E-state index >= 15 is 0 Å². The number of aliphatic hydroxyl groups is 1. The highest BCUT2D eigenvalue weighted by Crippen LogP contribution is 2.20. The number of carbonyl (C=O) groups excluding carboxylic acids is 3. The summed E-state index contributed by atoms with van der Waals surface area (Å²) in [5.74, 6) is -2.61. The topological polar surface area (TPSA) is 180 Å². The standard InChI is InChI=1S/C25H31FN4O8/c1-14(22(33)28-20(13-31)16-6-5-7-17(32)12-16)27-23(34)19(29-24(35)38-25(2,3)4)10-15-8-9-18(26)21(11-15)30(36)37/h5-9,11-12,14,19-20,31-32H,10,13H2,1-4H3,(H,27,34)(H,28,33)(H,29,35)/t14-,19+,20-/m0/s1. The van der Waals surface area contributed by atoms with E-state index in [1.54, 1.807) is 26.8 Å². The Morgan fingerprint density at radius 1 is 1.08 bits per heavy atom. The molecule has 0 unspecified atom stereocenters. The zero-order chi connectivity index (χ0) is 28.6. The van der Waals surface area contributed by atoms with Gasteiger partial charge in [0, 0.05) is 12.5 Å². The molecule has 0 saturated heterocycles. The van der Waals surface area contributed by atoms with Crippen molar-refractivity contribution < 1.29 is 38.6 Å². The number of halogens is 1. The van der Waals surface area contributed by atoms with Crippen molar-refractivity contribution in [3.05, 3.63) is 69.5 Å². The van der Waals surface area contributed by atoms with Crippen LogP contribution in [0.3, 0.4) is 0 Å². The number of nitro benzene ring substituents is 1. The Bertz CT molecular complexity index is 1180. The fraction of sp³-hybridized carbons (Fsp3) is 0.400. The SMILES string of the molecule is C[C@H](NC(=O)[C@@H](Cc1ccc(F)c([N+](=O)[O-])c1)NC(=O)OC(C)(C)C)C(=O)N[C@@H](CO)c1cccc(O)c1. The van der Waals surface area contributed by atoms with Crippen molar-refractivity contribution in [2.24, 2.45) is 0 Å². The third-order valence-electron chi connectivity index (χ3n) is 5.18. The first kappa shape index (κ1) is 30.0. The fourth-order valence-corrected chi connectivity index (χ4v) is 3.37. The van der Waals surface area contributed by atoms with Crippen molar-refractivity contribution in [2.45, 2.75) is 57.8 Å². The van der Waals surface area contributed by atoms with Crippen molar-refractivity contribution in [1.29, 1.82) is 0 Å². The molecule has 38 heavy (non-hydrogen) atoms. The minimum absolute atomic E-state index is 0.0614. The number of hydrogen-bond acceptors (Lipinski definition) is 8. The summed E-state index contributed by atoms with van der Waals surface area (Å²) in [6.45, 7) is 5.73. The maximum atomic E-state index is 13.8. The molecule has 0 fully saturated rings. The van der Waals surface area contributed by atoms with Crippen molar-refractivity contribution >= 4 is 23.6 Å². The zero-order valence-corrected chi connectivity index (χ0v) is 21.4. The van der Waals surface area contributed by atoms with Crippen LogP contribution in [0.1, 0.15) is 44.9 Å². The molecular weight excluding hydrogens is 503 g/mol. The van der Waals surface area contributed by atoms with Crippen LogP contribution in [0.5, 0.6) is 5.75 Å². The van der Waals surface area contributed by atoms with Crippen molar-refractivity contribution in [3.8, 4) is 5.75 Å². The number of hydrogen-bond donors (Lipinski definition) is 5. The molecule has 206 valence electrons. The van der Waals surface area contributed by atoms with Crippen LogP contribution in [0.15, 0.2) is 42.5 Å². The van der Waals surface area contributed by atoms with Gasteiger partial charge in [-0.25, -0.2) is 4.79 Å². The Balaban J connectivity index is 2.19. The van der Waals surface area contributed by atoms with Crippen LogP contribution >= 0.6 is 0 Å². The smallest absolute Gasteiger partial charge is 0.408 e. The van der Waals surface area contributed by atoms with Crippen LogP contribution in [-0.4, -0.2) is 57.3 Å². The highest BCUT2D eigenvalue weighted by atomic mass is 19.1. The average Bonchev–Trinajstić information content (AvgIpc) is 2.81. The summed E-state index contributed by atoms with van der Waals surface area (Å²) >= 11 is 0. The van der Waals surface area contributed by atoms with Crippen LogP contribution in [0, 0.1) is 15.9 Å². The van der Waals surface area contributed by atoms with Gasteiger partial charge >= 0.3 is 11.8 Å². The maximum Gasteiger partial charge on any atom is 0.408 e. The summed E-state index contributed by atoms with van der Waals surface area (Å²) in [6.07, 6.45) is -1.22. The molecule has 5 N–H and O–H groups in total. The average molecular weight is 535 g/mol. The number of carbonyl (C=O) groups is 3. The lowest BCUT2D eigenvalue weighted by molar-refractivity contribution is -0.387. The fourth-order valence-electron chi connectivity index (χ4n) is 3.37. The molecule has 0 aliphatic carbocycles. The second-order valence-electron chi connectivity index (χ2n) is 9.51. The Morgan fingerprint density at radius 2 is 1.76 bits per heavy atom. The van der Waals surface area contributed by atoms with Crippen molar-refractivity contribution in [3.63, 3.8) is 0 Å². The van der Waals surface area contributed by atoms with E-state index < -0.39 is 64.7 Å². The van der Waals surface area contributed by atoms with E-state index in [-0.39, 0.29) is 17.7 Å². The quantitative estimate of drug-likeness (QED) is 0.227. The van der Waals surface area contributed by atoms with Gasteiger partial charge in [-0.3, -0.25) is 19.7 Å². The number of ether oxygens (including phenoxy) is 1. The molecule has 0 radical (unpaired) electrons. The van der Waals surface area contributed by atoms with E-state index in [1.807, 2.05) is 0 Å². The minimum Gasteiger partial charge on any atom is -0.508 e. The van der Waals surface area contributed by atoms with Gasteiger partial charge in [0.2, 0.25) is 17.6 Å². The number of nitrogens with zero attached hydrogens (tertiary/aromatic N) is 1. The summed E-state index contributed by atoms with van der Waals surface area (Å²) in [7, 11) is 0. The summed E-state index contributed by atoms with van der Waals surface area (Å²) in [5, 5.41) is 37.8. The van der Waals surface area contributed by atoms with E-state index in [0.717, 1.165) is 12.1 Å². The van der Waals surface area contributed by atoms with Crippen LogP contribution < -0.4 is 16.0 Å². The van der Waals surface area contributed by atoms with Crippen LogP contribution in [0.25, 0.3) is 0 Å². The number of phenolic OH excluding ortho intramolecular Hbond substituents is 1. The summed E-state index contributed by atoms with van der Waals surface area (Å²) in [6, 6.07) is 5.63. The largest absolute Gasteiger partial charge is 0.508 e. The number of rotatable bonds is 10. The van der Waals surface area contributed by atoms with Crippen LogP contribution in [0.4, 0.5) is 14.9 Å². The molecule has 13 heteroatoms. The van der Waals surface area contributed by atoms with Gasteiger partial charge < -0.3 is 30.9 Å². The third kappa shape index (κ3) is 9.00. The van der Waals surface area contributed by atoms with Gasteiger partial charge in [0.1, 0.15) is 23.4 Å². The molecule has 0 aliphatic rings. The zero-order valence-electron chi connectivity index (χ0n) is 21.4. The van der Waals surface area contributed by atoms with Gasteiger partial charge in [-0.15, -0.1) is 0 Å². The number of alkyl carbamates (subject to hydrolysis) is 1. The molecule has 0 aromatic heterocycles. The van der Waals surface area contributed by atoms with Gasteiger partial charge in [0.15, 0.2) is 0 Å². The number of benzene rings is 2. The molecule has 2 aromatic carbocycles. The molecule has 0 saturated carbocycles. The first-order chi connectivity index (χ1) is 17.7. The molecule has 0 aliphatic heterocycles. The van der Waals surface area contributed by atoms with Crippen molar-refractivity contribution in [2.75, 3.05) is 6.61 Å². The van der Waals surface area contributed by atoms with Crippen LogP contribution in [-0.2, 0) is 20.7 Å². The lowest BCUT2D eigenvalue weighted by Crippen LogP contribution is -2.54. The van der Waals surface area contributed by atoms with E-state index in [9.17, 15) is 39.1 Å². The second-order valence-corrected chi connectivity index (χ2v) is 9.51. The highest BCUT2D eigenvalue weighted by Gasteiger charge is 2.29. The van der Waals surface area contributed by atoms with E-state index in [2.05, 4.69) is 16.0 Å². The Morgan fingerprint density at radius 3 is 2.34 bits per heavy atom. The molecule has 0 bridgehead atoms. The van der Waals surface area contributed by atoms with Gasteiger partial charge in [-0.2, -0.15) is 4.39 Å². The first-order valence-electron chi connectivity index (χ1n) is 11.6. The number of nitro groups is 1. The Kier molecular flexibility index (Phi) is 10.1. The lowest BCUT2D eigenvalue weighted by Gasteiger charge is -2.25. The number of amides is 3. The molecule has 12 nitrogen and oxygen atoms in total. The van der Waals surface area contributed by atoms with Gasteiger partial charge in [0.25, 0.3) is 0 Å². The molecule has 2 rings (SSSR count). The highest BCUT2D eigenvalue weighted by molar-refractivity contribution is 5.91. The molecule has 0 heterocycles. The Hall–Kier alpha value is -4.26. The van der Waals surface area contributed by atoms with Gasteiger partial charge in [-0.05, 0) is 57.0 Å². The first-order valence-corrected chi connectivity index (χ1v) is 11.6. The van der Waals surface area contributed by atoms with Gasteiger partial charge in [0.05, 0.1) is 17.6 Å². The van der Waals surface area contributed by atoms with Crippen LogP contribution in [0.2, 0.25) is 0 Å². The monoisotopic (exact) mass is 534 g/mol.